The molecule has 2 N–H and O–H groups in total. The highest BCUT2D eigenvalue weighted by Crippen LogP contribution is 2.16. The Kier molecular flexibility index (Phi) is 5.17. The van der Waals surface area contributed by atoms with E-state index in [-0.39, 0.29) is 18.9 Å². The summed E-state index contributed by atoms with van der Waals surface area (Å²) < 4.78 is 26.1. The second-order valence-electron chi connectivity index (χ2n) is 5.30. The van der Waals surface area contributed by atoms with Gasteiger partial charge >= 0.3 is 0 Å². The lowest BCUT2D eigenvalue weighted by Gasteiger charge is -2.09. The summed E-state index contributed by atoms with van der Waals surface area (Å²) in [6.07, 6.45) is 2.90. The molecule has 0 atom stereocenters. The minimum Gasteiger partial charge on any atom is -0.326 e. The molecule has 1 aromatic carbocycles. The smallest absolute Gasteiger partial charge is 0.225 e. The number of rotatable bonds is 6. The molecule has 7 nitrogen and oxygen atoms in total. The van der Waals surface area contributed by atoms with Crippen molar-refractivity contribution < 1.29 is 13.2 Å². The highest BCUT2D eigenvalue weighted by molar-refractivity contribution is 7.88. The van der Waals surface area contributed by atoms with E-state index in [9.17, 15) is 13.2 Å². The van der Waals surface area contributed by atoms with Gasteiger partial charge in [0.25, 0.3) is 0 Å². The van der Waals surface area contributed by atoms with E-state index >= 15 is 0 Å². The Bertz CT molecular complexity index is 795. The van der Waals surface area contributed by atoms with E-state index in [0.717, 1.165) is 23.3 Å². The third-order valence-corrected chi connectivity index (χ3v) is 4.13. The maximum absolute atomic E-state index is 11.7. The van der Waals surface area contributed by atoms with Crippen LogP contribution in [0.2, 0.25) is 0 Å². The van der Waals surface area contributed by atoms with Gasteiger partial charge in [-0.15, -0.1) is 0 Å². The van der Waals surface area contributed by atoms with Crippen LogP contribution in [0, 0.1) is 13.8 Å². The Hall–Kier alpha value is -2.19. The summed E-state index contributed by atoms with van der Waals surface area (Å²) >= 11 is 0. The van der Waals surface area contributed by atoms with Crippen LogP contribution in [0.3, 0.4) is 0 Å². The number of imidazole rings is 1. The molecule has 0 bridgehead atoms. The molecule has 2 aromatic rings. The number of sulfonamides is 1. The molecule has 0 unspecified atom stereocenters. The van der Waals surface area contributed by atoms with Crippen LogP contribution in [0.25, 0.3) is 5.69 Å². The van der Waals surface area contributed by atoms with Gasteiger partial charge in [0.15, 0.2) is 0 Å². The first-order valence-corrected chi connectivity index (χ1v) is 9.01. The number of carbonyl (C=O) groups excluding carboxylic acids is 1. The van der Waals surface area contributed by atoms with Gasteiger partial charge in [0, 0.05) is 30.0 Å². The topological polar surface area (TPSA) is 93.1 Å². The highest BCUT2D eigenvalue weighted by Gasteiger charge is 2.07. The molecule has 0 saturated carbocycles. The van der Waals surface area contributed by atoms with Crippen LogP contribution in [0.15, 0.2) is 30.6 Å². The fourth-order valence-electron chi connectivity index (χ4n) is 2.04. The molecule has 1 aromatic heterocycles. The normalized spacial score (nSPS) is 11.4. The number of carbonyl (C=O) groups is 1. The SMILES string of the molecule is Cc1ncn(-c2ccc(NC(=O)CCNS(C)(=O)=O)cc2)c1C. The molecule has 8 heteroatoms. The summed E-state index contributed by atoms with van der Waals surface area (Å²) in [4.78, 5) is 16.0. The lowest BCUT2D eigenvalue weighted by molar-refractivity contribution is -0.116. The number of amides is 1. The Morgan fingerprint density at radius 3 is 2.39 bits per heavy atom. The number of anilines is 1. The van der Waals surface area contributed by atoms with Gasteiger partial charge in [-0.1, -0.05) is 0 Å². The minimum atomic E-state index is -3.27. The van der Waals surface area contributed by atoms with Gasteiger partial charge in [0.05, 0.1) is 18.3 Å². The third kappa shape index (κ3) is 4.90. The number of hydrogen-bond donors (Lipinski definition) is 2. The zero-order valence-corrected chi connectivity index (χ0v) is 14.1. The summed E-state index contributed by atoms with van der Waals surface area (Å²) in [5, 5.41) is 2.73. The van der Waals surface area contributed by atoms with Gasteiger partial charge in [-0.05, 0) is 38.1 Å². The standard InChI is InChI=1S/C15H20N4O3S/c1-11-12(2)19(10-16-11)14-6-4-13(5-7-14)18-15(20)8-9-17-23(3,21)22/h4-7,10,17H,8-9H2,1-3H3,(H,18,20). The molecular formula is C15H20N4O3S. The predicted molar refractivity (Wildman–Crippen MR) is 89.1 cm³/mol. The van der Waals surface area contributed by atoms with Crippen LogP contribution in [0.1, 0.15) is 17.8 Å². The predicted octanol–water partition coefficient (Wildman–Crippen LogP) is 1.37. The van der Waals surface area contributed by atoms with E-state index in [1.54, 1.807) is 18.5 Å². The molecule has 2 rings (SSSR count). The van der Waals surface area contributed by atoms with Crippen LogP contribution in [-0.2, 0) is 14.8 Å². The first kappa shape index (κ1) is 17.2. The molecule has 0 aliphatic heterocycles. The van der Waals surface area contributed by atoms with Crippen LogP contribution >= 0.6 is 0 Å². The Labute approximate surface area is 135 Å². The van der Waals surface area contributed by atoms with Crippen molar-refractivity contribution in [2.75, 3.05) is 18.1 Å². The molecule has 0 aliphatic carbocycles. The Morgan fingerprint density at radius 2 is 1.87 bits per heavy atom. The monoisotopic (exact) mass is 336 g/mol. The summed E-state index contributed by atoms with van der Waals surface area (Å²) in [5.74, 6) is -0.247. The average Bonchev–Trinajstić information content (AvgIpc) is 2.79. The fourth-order valence-corrected chi connectivity index (χ4v) is 2.51. The summed E-state index contributed by atoms with van der Waals surface area (Å²) in [7, 11) is -3.27. The van der Waals surface area contributed by atoms with Crippen molar-refractivity contribution in [2.24, 2.45) is 0 Å². The Morgan fingerprint density at radius 1 is 1.22 bits per heavy atom. The van der Waals surface area contributed by atoms with Gasteiger partial charge in [-0.3, -0.25) is 4.79 Å². The van der Waals surface area contributed by atoms with Crippen molar-refractivity contribution in [3.8, 4) is 5.69 Å². The molecule has 23 heavy (non-hydrogen) atoms. The fraction of sp³-hybridized carbons (Fsp3) is 0.333. The van der Waals surface area contributed by atoms with E-state index in [4.69, 9.17) is 0 Å². The van der Waals surface area contributed by atoms with E-state index in [1.807, 2.05) is 30.5 Å². The van der Waals surface area contributed by atoms with E-state index in [1.165, 1.54) is 0 Å². The Balaban J connectivity index is 1.95. The molecule has 0 spiro atoms. The third-order valence-electron chi connectivity index (χ3n) is 3.40. The van der Waals surface area contributed by atoms with Crippen LogP contribution in [0.4, 0.5) is 5.69 Å². The van der Waals surface area contributed by atoms with Crippen molar-refractivity contribution in [1.29, 1.82) is 0 Å². The number of hydrogen-bond acceptors (Lipinski definition) is 4. The van der Waals surface area contributed by atoms with Crippen LogP contribution < -0.4 is 10.0 Å². The summed E-state index contributed by atoms with van der Waals surface area (Å²) in [6.45, 7) is 4.02. The van der Waals surface area contributed by atoms with Gasteiger partial charge in [-0.2, -0.15) is 0 Å². The number of aromatic nitrogens is 2. The minimum absolute atomic E-state index is 0.0780. The summed E-state index contributed by atoms with van der Waals surface area (Å²) in [5.41, 5.74) is 3.65. The largest absolute Gasteiger partial charge is 0.326 e. The van der Waals surface area contributed by atoms with Crippen molar-refractivity contribution in [3.63, 3.8) is 0 Å². The number of nitrogens with zero attached hydrogens (tertiary/aromatic N) is 2. The van der Waals surface area contributed by atoms with Crippen molar-refractivity contribution in [1.82, 2.24) is 14.3 Å². The molecule has 0 aliphatic rings. The first-order chi connectivity index (χ1) is 10.8. The van der Waals surface area contributed by atoms with Gasteiger partial charge in [0.1, 0.15) is 0 Å². The summed E-state index contributed by atoms with van der Waals surface area (Å²) in [6, 6.07) is 7.37. The van der Waals surface area contributed by atoms with Gasteiger partial charge < -0.3 is 9.88 Å². The maximum atomic E-state index is 11.7. The second kappa shape index (κ2) is 6.93. The average molecular weight is 336 g/mol. The van der Waals surface area contributed by atoms with Crippen molar-refractivity contribution in [3.05, 3.63) is 42.0 Å². The van der Waals surface area contributed by atoms with Crippen molar-refractivity contribution >= 4 is 21.6 Å². The molecule has 0 fully saturated rings. The molecule has 1 heterocycles. The molecule has 0 radical (unpaired) electrons. The van der Waals surface area contributed by atoms with Crippen LogP contribution in [0.5, 0.6) is 0 Å². The quantitative estimate of drug-likeness (QED) is 0.833. The van der Waals surface area contributed by atoms with Gasteiger partial charge in [-0.25, -0.2) is 18.1 Å². The lowest BCUT2D eigenvalue weighted by Crippen LogP contribution is -2.26. The number of benzene rings is 1. The van der Waals surface area contributed by atoms with E-state index in [0.29, 0.717) is 5.69 Å². The van der Waals surface area contributed by atoms with E-state index < -0.39 is 10.0 Å². The van der Waals surface area contributed by atoms with E-state index in [2.05, 4.69) is 15.0 Å². The van der Waals surface area contributed by atoms with Crippen molar-refractivity contribution in [2.45, 2.75) is 20.3 Å². The molecular weight excluding hydrogens is 316 g/mol. The second-order valence-corrected chi connectivity index (χ2v) is 7.13. The molecule has 0 saturated heterocycles. The zero-order valence-electron chi connectivity index (χ0n) is 13.3. The maximum Gasteiger partial charge on any atom is 0.225 e. The molecule has 1 amide bonds. The lowest BCUT2D eigenvalue weighted by atomic mass is 10.2. The zero-order chi connectivity index (χ0) is 17.0. The number of nitrogens with one attached hydrogen (secondary N) is 2. The molecule has 124 valence electrons. The first-order valence-electron chi connectivity index (χ1n) is 7.12. The van der Waals surface area contributed by atoms with Crippen LogP contribution in [-0.4, -0.2) is 36.7 Å². The van der Waals surface area contributed by atoms with Gasteiger partial charge in [0.2, 0.25) is 15.9 Å². The number of aryl methyl sites for hydroxylation is 1. The highest BCUT2D eigenvalue weighted by atomic mass is 32.2.